The van der Waals surface area contributed by atoms with Crippen LogP contribution in [0.3, 0.4) is 0 Å². The number of rotatable bonds is 0. The minimum atomic E-state index is -2.03. The fraction of sp³-hybridized carbons (Fsp3) is 0. The molecule has 5 heavy (non-hydrogen) atoms. The SMILES string of the molecule is O=[S-](O)=S.[H-].[K+]. The first-order valence-corrected chi connectivity index (χ1v) is 2.55. The van der Waals surface area contributed by atoms with Crippen molar-refractivity contribution in [2.45, 2.75) is 0 Å². The Bertz CT molecular complexity index is 59.9. The van der Waals surface area contributed by atoms with Crippen molar-refractivity contribution >= 4 is 20.8 Å². The molecule has 0 fully saturated rings. The third kappa shape index (κ3) is 24.3. The van der Waals surface area contributed by atoms with E-state index in [2.05, 4.69) is 11.2 Å². The van der Waals surface area contributed by atoms with Gasteiger partial charge < -0.3 is 10.2 Å². The summed E-state index contributed by atoms with van der Waals surface area (Å²) < 4.78 is 16.3. The van der Waals surface area contributed by atoms with Crippen molar-refractivity contribution in [1.29, 1.82) is 0 Å². The summed E-state index contributed by atoms with van der Waals surface area (Å²) in [5.74, 6) is 0. The standard InChI is InChI=1S/K.HO2S2.H/c;1-4(2)3;/h;(H,1,2,3);/q+1;2*-1. The molecule has 0 bridgehead atoms. The molecule has 0 amide bonds. The van der Waals surface area contributed by atoms with E-state index in [4.69, 9.17) is 8.76 Å². The first-order chi connectivity index (χ1) is 1.73. The Morgan fingerprint density at radius 2 is 2.00 bits per heavy atom. The van der Waals surface area contributed by atoms with Gasteiger partial charge in [-0.3, -0.25) is 0 Å². The summed E-state index contributed by atoms with van der Waals surface area (Å²) in [6.45, 7) is 0. The predicted octanol–water partition coefficient (Wildman–Crippen LogP) is -3.00. The molecular formula is H2KO2S2-. The van der Waals surface area contributed by atoms with Crippen molar-refractivity contribution in [3.8, 4) is 0 Å². The molecule has 28 valence electrons. The molecule has 0 atom stereocenters. The van der Waals surface area contributed by atoms with Crippen LogP contribution in [-0.4, -0.2) is 4.55 Å². The van der Waals surface area contributed by atoms with Gasteiger partial charge in [0.2, 0.25) is 0 Å². The summed E-state index contributed by atoms with van der Waals surface area (Å²) in [6, 6.07) is 0. The normalized spacial score (nSPS) is 6.80. The maximum atomic E-state index is 8.93. The smallest absolute Gasteiger partial charge is 1.00 e. The summed E-state index contributed by atoms with van der Waals surface area (Å²) >= 11 is 3.65. The zero-order valence-electron chi connectivity index (χ0n) is 3.67. The maximum absolute atomic E-state index is 8.93. The largest absolute Gasteiger partial charge is 1.00 e. The number of hydrogen-bond donors (Lipinski definition) is 1. The van der Waals surface area contributed by atoms with Crippen LogP contribution in [0.5, 0.6) is 0 Å². The summed E-state index contributed by atoms with van der Waals surface area (Å²) in [5, 5.41) is 0. The third-order valence-corrected chi connectivity index (χ3v) is 0. The molecule has 0 aromatic carbocycles. The molecule has 0 aliphatic rings. The average Bonchev–Trinajstić information content (AvgIpc) is 0.811. The Kier molecular flexibility index (Phi) is 12.0. The van der Waals surface area contributed by atoms with Gasteiger partial charge in [0.1, 0.15) is 0 Å². The van der Waals surface area contributed by atoms with E-state index in [1.807, 2.05) is 0 Å². The van der Waals surface area contributed by atoms with Crippen LogP contribution in [0.15, 0.2) is 0 Å². The van der Waals surface area contributed by atoms with Crippen LogP contribution in [0.2, 0.25) is 0 Å². The number of hydrogen-bond acceptors (Lipinski definition) is 3. The fourth-order valence-electron chi connectivity index (χ4n) is 0. The molecule has 5 heteroatoms. The average molecular weight is 137 g/mol. The molecule has 0 aliphatic heterocycles. The van der Waals surface area contributed by atoms with E-state index in [9.17, 15) is 0 Å². The summed E-state index contributed by atoms with van der Waals surface area (Å²) in [6.07, 6.45) is 0. The van der Waals surface area contributed by atoms with Gasteiger partial charge in [0.15, 0.2) is 0 Å². The summed E-state index contributed by atoms with van der Waals surface area (Å²) in [5.41, 5.74) is 0. The van der Waals surface area contributed by atoms with Crippen LogP contribution in [0.4, 0.5) is 0 Å². The second kappa shape index (κ2) is 5.97. The van der Waals surface area contributed by atoms with E-state index >= 15 is 0 Å². The zero-order chi connectivity index (χ0) is 3.58. The molecule has 2 nitrogen and oxygen atoms in total. The molecule has 0 aliphatic carbocycles. The molecule has 0 aromatic rings. The van der Waals surface area contributed by atoms with Crippen LogP contribution < -0.4 is 51.4 Å². The molecule has 0 spiro atoms. The van der Waals surface area contributed by atoms with Gasteiger partial charge in [0.25, 0.3) is 0 Å². The second-order valence-electron chi connectivity index (χ2n) is 0.217. The van der Waals surface area contributed by atoms with Crippen LogP contribution in [0, 0.1) is 0 Å². The van der Waals surface area contributed by atoms with Crippen molar-refractivity contribution in [3.05, 3.63) is 0 Å². The molecule has 0 saturated carbocycles. The molecule has 0 radical (unpaired) electrons. The minimum Gasteiger partial charge on any atom is -1.00 e. The van der Waals surface area contributed by atoms with Gasteiger partial charge >= 0.3 is 51.4 Å². The van der Waals surface area contributed by atoms with Gasteiger partial charge in [-0.15, -0.1) is 0 Å². The molecule has 0 saturated heterocycles. The van der Waals surface area contributed by atoms with Gasteiger partial charge in [-0.2, -0.15) is 0 Å². The molecule has 0 rings (SSSR count). The van der Waals surface area contributed by atoms with Gasteiger partial charge in [0.05, 0.1) is 0 Å². The monoisotopic (exact) mass is 137 g/mol. The van der Waals surface area contributed by atoms with Gasteiger partial charge in [-0.1, -0.05) is 9.64 Å². The predicted molar refractivity (Wildman–Crippen MR) is 19.2 cm³/mol. The molecule has 0 unspecified atom stereocenters. The maximum Gasteiger partial charge on any atom is 1.00 e. The van der Waals surface area contributed by atoms with Crippen molar-refractivity contribution in [1.82, 2.24) is 0 Å². The van der Waals surface area contributed by atoms with Crippen LogP contribution in [-0.2, 0) is 25.0 Å². The quantitative estimate of drug-likeness (QED) is 0.220. The van der Waals surface area contributed by atoms with E-state index in [0.717, 1.165) is 0 Å². The molecule has 0 heterocycles. The topological polar surface area (TPSA) is 37.3 Å². The Morgan fingerprint density at radius 3 is 2.00 bits per heavy atom. The zero-order valence-corrected chi connectivity index (χ0v) is 7.43. The second-order valence-corrected chi connectivity index (χ2v) is 1.51. The molecule has 0 aromatic heterocycles. The minimum absolute atomic E-state index is 0. The van der Waals surface area contributed by atoms with Crippen LogP contribution in [0.1, 0.15) is 1.43 Å². The molecule has 1 N–H and O–H groups in total. The Morgan fingerprint density at radius 1 is 2.00 bits per heavy atom. The third-order valence-electron chi connectivity index (χ3n) is 0. The first-order valence-electron chi connectivity index (χ1n) is 0.516. The van der Waals surface area contributed by atoms with E-state index in [1.165, 1.54) is 0 Å². The van der Waals surface area contributed by atoms with Crippen LogP contribution in [0.25, 0.3) is 0 Å². The van der Waals surface area contributed by atoms with Crippen LogP contribution >= 0.6 is 0 Å². The van der Waals surface area contributed by atoms with Crippen molar-refractivity contribution in [3.63, 3.8) is 0 Å². The summed E-state index contributed by atoms with van der Waals surface area (Å²) in [4.78, 5) is 0. The summed E-state index contributed by atoms with van der Waals surface area (Å²) in [7, 11) is -2.03. The fourth-order valence-corrected chi connectivity index (χ4v) is 0. The Hall–Kier alpha value is 1.97. The van der Waals surface area contributed by atoms with Crippen molar-refractivity contribution in [2.75, 3.05) is 0 Å². The van der Waals surface area contributed by atoms with E-state index in [1.54, 1.807) is 0 Å². The van der Waals surface area contributed by atoms with E-state index in [-0.39, 0.29) is 52.8 Å². The van der Waals surface area contributed by atoms with Gasteiger partial charge in [0, 0.05) is 0 Å². The van der Waals surface area contributed by atoms with Gasteiger partial charge in [-0.05, 0) is 0 Å². The Balaban J connectivity index is -0.0000000450. The Labute approximate surface area is 80.8 Å². The molecular weight excluding hydrogens is 135 g/mol. The van der Waals surface area contributed by atoms with Crippen molar-refractivity contribution in [2.24, 2.45) is 0 Å². The van der Waals surface area contributed by atoms with Crippen molar-refractivity contribution < 1.29 is 61.6 Å². The van der Waals surface area contributed by atoms with E-state index in [0.29, 0.717) is 0 Å². The first kappa shape index (κ1) is 10.1. The van der Waals surface area contributed by atoms with E-state index < -0.39 is 9.64 Å². The van der Waals surface area contributed by atoms with Gasteiger partial charge in [-0.25, -0.2) is 11.2 Å².